The Labute approximate surface area is 241 Å². The highest BCUT2D eigenvalue weighted by molar-refractivity contribution is 9.10. The molecule has 0 radical (unpaired) electrons. The third-order valence-electron chi connectivity index (χ3n) is 6.38. The van der Waals surface area contributed by atoms with Crippen LogP contribution < -0.4 is 15.4 Å². The summed E-state index contributed by atoms with van der Waals surface area (Å²) in [5, 5.41) is 34.3. The number of aromatic nitrogens is 1. The number of ether oxygens (including phenoxy) is 1. The van der Waals surface area contributed by atoms with E-state index >= 15 is 0 Å². The summed E-state index contributed by atoms with van der Waals surface area (Å²) < 4.78 is 7.16. The first-order chi connectivity index (χ1) is 19.4. The second kappa shape index (κ2) is 13.7. The number of aliphatic hydroxyl groups is 1. The number of carboxylic acid groups (broad SMARTS) is 1. The summed E-state index contributed by atoms with van der Waals surface area (Å²) in [7, 11) is 0. The number of pyridine rings is 1. The van der Waals surface area contributed by atoms with Crippen molar-refractivity contribution in [3.8, 4) is 22.9 Å². The second-order valence-electron chi connectivity index (χ2n) is 9.21. The fraction of sp³-hybridized carbons (Fsp3) is 0.194. The number of aliphatic carboxylic acids is 1. The summed E-state index contributed by atoms with van der Waals surface area (Å²) in [5.41, 5.74) is 7.02. The smallest absolute Gasteiger partial charge is 0.323 e. The molecule has 1 atom stereocenters. The Kier molecular flexibility index (Phi) is 9.86. The minimum absolute atomic E-state index is 0.172. The summed E-state index contributed by atoms with van der Waals surface area (Å²) in [5.74, 6) is -0.593. The summed E-state index contributed by atoms with van der Waals surface area (Å²) in [6, 6.07) is 22.8. The van der Waals surface area contributed by atoms with Crippen molar-refractivity contribution in [2.24, 2.45) is 0 Å². The van der Waals surface area contributed by atoms with Gasteiger partial charge in [-0.05, 0) is 57.2 Å². The number of rotatable bonds is 12. The van der Waals surface area contributed by atoms with E-state index in [9.17, 15) is 20.3 Å². The quantitative estimate of drug-likeness (QED) is 0.170. The fourth-order valence-corrected chi connectivity index (χ4v) is 4.84. The van der Waals surface area contributed by atoms with Crippen LogP contribution in [0.3, 0.4) is 0 Å². The van der Waals surface area contributed by atoms with Gasteiger partial charge < -0.3 is 20.3 Å². The lowest BCUT2D eigenvalue weighted by Crippen LogP contribution is -2.39. The topological polar surface area (TPSA) is 128 Å². The molecule has 0 fully saturated rings. The molecule has 3 aromatic carbocycles. The van der Waals surface area contributed by atoms with Gasteiger partial charge in [0.05, 0.1) is 12.2 Å². The standard InChI is InChI=1S/C31H29BrN4O4/c1-20-10-25(17-36-28(18-37)31(38)39)29(40-19-22-11-21(13-33)14-34-15-22)12-27(20)35-16-24-8-5-9-26(30(24)32)23-6-3-2-4-7-23/h2-12,14-15,28,35-37H,16-19H2,1H3,(H,38,39)/t28-/m1/s1. The third-order valence-corrected chi connectivity index (χ3v) is 7.31. The molecule has 4 N–H and O–H groups in total. The monoisotopic (exact) mass is 600 g/mol. The van der Waals surface area contributed by atoms with Crippen LogP contribution in [0.25, 0.3) is 11.1 Å². The lowest BCUT2D eigenvalue weighted by molar-refractivity contribution is -0.140. The highest BCUT2D eigenvalue weighted by Crippen LogP contribution is 2.33. The van der Waals surface area contributed by atoms with Gasteiger partial charge in [0, 0.05) is 52.8 Å². The molecule has 0 bridgehead atoms. The average molecular weight is 602 g/mol. The van der Waals surface area contributed by atoms with Crippen molar-refractivity contribution in [3.63, 3.8) is 0 Å². The number of halogens is 1. The van der Waals surface area contributed by atoms with Gasteiger partial charge in [-0.2, -0.15) is 5.26 Å². The van der Waals surface area contributed by atoms with Crippen molar-refractivity contribution in [2.45, 2.75) is 32.7 Å². The van der Waals surface area contributed by atoms with E-state index in [1.807, 2.05) is 43.3 Å². The Morgan fingerprint density at radius 3 is 2.60 bits per heavy atom. The van der Waals surface area contributed by atoms with E-state index in [0.29, 0.717) is 17.9 Å². The van der Waals surface area contributed by atoms with Crippen molar-refractivity contribution in [2.75, 3.05) is 11.9 Å². The van der Waals surface area contributed by atoms with E-state index in [4.69, 9.17) is 4.74 Å². The van der Waals surface area contributed by atoms with Crippen molar-refractivity contribution >= 4 is 27.6 Å². The summed E-state index contributed by atoms with van der Waals surface area (Å²) in [4.78, 5) is 15.5. The number of anilines is 1. The molecule has 0 aliphatic rings. The zero-order valence-electron chi connectivity index (χ0n) is 21.9. The fourth-order valence-electron chi connectivity index (χ4n) is 4.21. The molecular weight excluding hydrogens is 572 g/mol. The molecule has 40 heavy (non-hydrogen) atoms. The molecule has 4 rings (SSSR count). The first-order valence-corrected chi connectivity index (χ1v) is 13.4. The van der Waals surface area contributed by atoms with Gasteiger partial charge in [-0.1, -0.05) is 48.5 Å². The number of carbonyl (C=O) groups is 1. The molecule has 0 unspecified atom stereocenters. The molecule has 4 aromatic rings. The predicted molar refractivity (Wildman–Crippen MR) is 157 cm³/mol. The van der Waals surface area contributed by atoms with Gasteiger partial charge >= 0.3 is 5.97 Å². The highest BCUT2D eigenvalue weighted by atomic mass is 79.9. The van der Waals surface area contributed by atoms with E-state index < -0.39 is 18.6 Å². The molecule has 0 amide bonds. The maximum atomic E-state index is 11.4. The van der Waals surface area contributed by atoms with Gasteiger partial charge in [-0.25, -0.2) is 0 Å². The van der Waals surface area contributed by atoms with E-state index in [2.05, 4.69) is 61.9 Å². The molecule has 1 heterocycles. The average Bonchev–Trinajstić information content (AvgIpc) is 2.97. The van der Waals surface area contributed by atoms with E-state index in [-0.39, 0.29) is 13.2 Å². The van der Waals surface area contributed by atoms with Crippen molar-refractivity contribution < 1.29 is 19.7 Å². The van der Waals surface area contributed by atoms with Crippen molar-refractivity contribution in [1.29, 1.82) is 5.26 Å². The van der Waals surface area contributed by atoms with Gasteiger partial charge in [0.2, 0.25) is 0 Å². The number of nitrogens with zero attached hydrogens (tertiary/aromatic N) is 2. The molecule has 1 aromatic heterocycles. The van der Waals surface area contributed by atoms with Crippen LogP contribution in [-0.2, 0) is 24.5 Å². The Bertz CT molecular complexity index is 1520. The largest absolute Gasteiger partial charge is 0.488 e. The van der Waals surface area contributed by atoms with Crippen LogP contribution >= 0.6 is 15.9 Å². The van der Waals surface area contributed by atoms with Crippen molar-refractivity contribution in [3.05, 3.63) is 111 Å². The number of nitrogens with one attached hydrogen (secondary N) is 2. The molecule has 0 saturated heterocycles. The van der Waals surface area contributed by atoms with Crippen LogP contribution in [-0.4, -0.2) is 33.8 Å². The first kappa shape index (κ1) is 28.8. The zero-order chi connectivity index (χ0) is 28.5. The third kappa shape index (κ3) is 7.24. The molecule has 204 valence electrons. The Morgan fingerprint density at radius 2 is 1.88 bits per heavy atom. The molecule has 8 nitrogen and oxygen atoms in total. The molecular formula is C31H29BrN4O4. The number of aliphatic hydroxyl groups excluding tert-OH is 1. The van der Waals surface area contributed by atoms with Crippen molar-refractivity contribution in [1.82, 2.24) is 10.3 Å². The first-order valence-electron chi connectivity index (χ1n) is 12.6. The molecule has 0 aliphatic carbocycles. The Hall–Kier alpha value is -4.23. The molecule has 9 heteroatoms. The summed E-state index contributed by atoms with van der Waals surface area (Å²) in [6.45, 7) is 2.33. The van der Waals surface area contributed by atoms with Gasteiger partial charge in [0.15, 0.2) is 0 Å². The number of carboxylic acids is 1. The lowest BCUT2D eigenvalue weighted by atomic mass is 10.0. The van der Waals surface area contributed by atoms with Crippen LogP contribution in [0.15, 0.2) is 83.6 Å². The van der Waals surface area contributed by atoms with Crippen LogP contribution in [0.2, 0.25) is 0 Å². The SMILES string of the molecule is Cc1cc(CN[C@H](CO)C(=O)O)c(OCc2cncc(C#N)c2)cc1NCc1cccc(-c2ccccc2)c1Br. The van der Waals surface area contributed by atoms with Gasteiger partial charge in [0.25, 0.3) is 0 Å². The molecule has 0 spiro atoms. The highest BCUT2D eigenvalue weighted by Gasteiger charge is 2.17. The number of hydrogen-bond donors (Lipinski definition) is 4. The van der Waals surface area contributed by atoms with E-state index in [1.54, 1.807) is 12.3 Å². The van der Waals surface area contributed by atoms with Gasteiger partial charge in [-0.15, -0.1) is 0 Å². The molecule has 0 aliphatic heterocycles. The van der Waals surface area contributed by atoms with Crippen LogP contribution in [0.1, 0.15) is 27.8 Å². The predicted octanol–water partition coefficient (Wildman–Crippen LogP) is 5.42. The minimum Gasteiger partial charge on any atom is -0.488 e. The summed E-state index contributed by atoms with van der Waals surface area (Å²) >= 11 is 3.78. The number of nitriles is 1. The van der Waals surface area contributed by atoms with E-state index in [0.717, 1.165) is 43.5 Å². The van der Waals surface area contributed by atoms with Gasteiger partial charge in [-0.3, -0.25) is 15.1 Å². The Balaban J connectivity index is 1.58. The minimum atomic E-state index is -1.14. The second-order valence-corrected chi connectivity index (χ2v) is 10.0. The number of hydrogen-bond acceptors (Lipinski definition) is 7. The zero-order valence-corrected chi connectivity index (χ0v) is 23.5. The number of benzene rings is 3. The van der Waals surface area contributed by atoms with Crippen LogP contribution in [0, 0.1) is 18.3 Å². The van der Waals surface area contributed by atoms with Gasteiger partial charge in [0.1, 0.15) is 24.5 Å². The summed E-state index contributed by atoms with van der Waals surface area (Å²) in [6.07, 6.45) is 3.12. The maximum Gasteiger partial charge on any atom is 0.323 e. The normalized spacial score (nSPS) is 11.4. The van der Waals surface area contributed by atoms with Crippen LogP contribution in [0.4, 0.5) is 5.69 Å². The number of aryl methyl sites for hydroxylation is 1. The Morgan fingerprint density at radius 1 is 1.07 bits per heavy atom. The lowest BCUT2D eigenvalue weighted by Gasteiger charge is -2.19. The molecule has 0 saturated carbocycles. The van der Waals surface area contributed by atoms with E-state index in [1.165, 1.54) is 6.20 Å². The van der Waals surface area contributed by atoms with Crippen LogP contribution in [0.5, 0.6) is 5.75 Å². The maximum absolute atomic E-state index is 11.4.